The fourth-order valence-electron chi connectivity index (χ4n) is 4.76. The molecule has 33 heavy (non-hydrogen) atoms. The maximum Gasteiger partial charge on any atom is 0.177 e. The lowest BCUT2D eigenvalue weighted by molar-refractivity contribution is 0.0835. The highest BCUT2D eigenvalue weighted by Crippen LogP contribution is 2.45. The van der Waals surface area contributed by atoms with Crippen LogP contribution in [0.5, 0.6) is 5.75 Å². The summed E-state index contributed by atoms with van der Waals surface area (Å²) in [6.07, 6.45) is 3.45. The standard InChI is InChI=1S/C27H40O4Si2/c1-28-25-15-12-23(13-16-25)19-29-20-24-14-17-27(33(5,6)31-32(2,3)4)26(24)21-30-18-22-10-8-7-9-11-22/h7-16,26-27H,17-21H2,1-6H3/t26-,27-/m0/s1. The summed E-state index contributed by atoms with van der Waals surface area (Å²) in [6.45, 7) is 14.2. The Kier molecular flexibility index (Phi) is 9.12. The third-order valence-corrected chi connectivity index (χ3v) is 13.1. The van der Waals surface area contributed by atoms with E-state index >= 15 is 0 Å². The molecule has 0 heterocycles. The van der Waals surface area contributed by atoms with E-state index < -0.39 is 16.6 Å². The Hall–Kier alpha value is -1.71. The molecular weight excluding hydrogens is 444 g/mol. The van der Waals surface area contributed by atoms with Gasteiger partial charge >= 0.3 is 0 Å². The van der Waals surface area contributed by atoms with Crippen molar-refractivity contribution in [2.75, 3.05) is 20.3 Å². The lowest BCUT2D eigenvalue weighted by Gasteiger charge is -2.39. The summed E-state index contributed by atoms with van der Waals surface area (Å²) in [5.41, 5.74) is 4.24. The lowest BCUT2D eigenvalue weighted by Crippen LogP contribution is -2.47. The van der Waals surface area contributed by atoms with Gasteiger partial charge in [0.15, 0.2) is 16.6 Å². The zero-order valence-corrected chi connectivity index (χ0v) is 23.1. The van der Waals surface area contributed by atoms with E-state index in [0.717, 1.165) is 17.7 Å². The molecule has 0 aromatic heterocycles. The zero-order valence-electron chi connectivity index (χ0n) is 21.1. The van der Waals surface area contributed by atoms with Gasteiger partial charge in [-0.05, 0) is 73.5 Å². The van der Waals surface area contributed by atoms with Crippen molar-refractivity contribution in [3.05, 3.63) is 77.4 Å². The summed E-state index contributed by atoms with van der Waals surface area (Å²) in [5, 5.41) is 0. The summed E-state index contributed by atoms with van der Waals surface area (Å²) in [6, 6.07) is 18.5. The highest BCUT2D eigenvalue weighted by Gasteiger charge is 2.44. The third-order valence-electron chi connectivity index (χ3n) is 6.16. The van der Waals surface area contributed by atoms with Gasteiger partial charge in [0.1, 0.15) is 5.75 Å². The maximum absolute atomic E-state index is 6.78. The Labute approximate surface area is 202 Å². The molecule has 0 fully saturated rings. The van der Waals surface area contributed by atoms with Crippen LogP contribution in [0.1, 0.15) is 17.5 Å². The van der Waals surface area contributed by atoms with Crippen molar-refractivity contribution in [3.63, 3.8) is 0 Å². The van der Waals surface area contributed by atoms with E-state index in [1.807, 2.05) is 18.2 Å². The van der Waals surface area contributed by atoms with E-state index in [-0.39, 0.29) is 0 Å². The van der Waals surface area contributed by atoms with Crippen LogP contribution in [0.4, 0.5) is 0 Å². The number of ether oxygens (including phenoxy) is 3. The SMILES string of the molecule is COc1ccc(COCC2=CC[C@H]([Si](C)(C)O[Si](C)(C)C)[C@H]2COCc2ccccc2)cc1. The molecule has 0 amide bonds. The Bertz CT molecular complexity index is 889. The lowest BCUT2D eigenvalue weighted by atomic mass is 10.0. The molecule has 0 aliphatic heterocycles. The first-order valence-corrected chi connectivity index (χ1v) is 18.3. The van der Waals surface area contributed by atoms with Crippen LogP contribution in [-0.4, -0.2) is 37.0 Å². The fraction of sp³-hybridized carbons (Fsp3) is 0.481. The van der Waals surface area contributed by atoms with E-state index in [1.54, 1.807) is 7.11 Å². The molecule has 0 saturated carbocycles. The van der Waals surface area contributed by atoms with Gasteiger partial charge in [-0.25, -0.2) is 0 Å². The van der Waals surface area contributed by atoms with Crippen molar-refractivity contribution in [1.29, 1.82) is 0 Å². The van der Waals surface area contributed by atoms with E-state index in [4.69, 9.17) is 18.3 Å². The minimum absolute atomic E-state index is 0.350. The van der Waals surface area contributed by atoms with Gasteiger partial charge in [0.25, 0.3) is 0 Å². The highest BCUT2D eigenvalue weighted by molar-refractivity contribution is 6.85. The van der Waals surface area contributed by atoms with E-state index in [9.17, 15) is 0 Å². The number of hydrogen-bond donors (Lipinski definition) is 0. The molecule has 0 spiro atoms. The second-order valence-corrected chi connectivity index (χ2v) is 19.4. The summed E-state index contributed by atoms with van der Waals surface area (Å²) >= 11 is 0. The van der Waals surface area contributed by atoms with Crippen molar-refractivity contribution in [1.82, 2.24) is 0 Å². The van der Waals surface area contributed by atoms with Crippen molar-refractivity contribution in [3.8, 4) is 5.75 Å². The number of methoxy groups -OCH3 is 1. The summed E-state index contributed by atoms with van der Waals surface area (Å²) in [5.74, 6) is 1.22. The number of benzene rings is 2. The van der Waals surface area contributed by atoms with Crippen LogP contribution in [0.3, 0.4) is 0 Å². The monoisotopic (exact) mass is 484 g/mol. The van der Waals surface area contributed by atoms with Gasteiger partial charge in [0.2, 0.25) is 0 Å². The minimum Gasteiger partial charge on any atom is -0.497 e. The highest BCUT2D eigenvalue weighted by atomic mass is 28.4. The van der Waals surface area contributed by atoms with Gasteiger partial charge in [0.05, 0.1) is 33.5 Å². The Morgan fingerprint density at radius 3 is 2.06 bits per heavy atom. The van der Waals surface area contributed by atoms with Crippen LogP contribution in [0.15, 0.2) is 66.2 Å². The number of allylic oxidation sites excluding steroid dienone is 1. The summed E-state index contributed by atoms with van der Waals surface area (Å²) < 4.78 is 24.4. The molecule has 6 heteroatoms. The minimum atomic E-state index is -1.89. The topological polar surface area (TPSA) is 36.9 Å². The van der Waals surface area contributed by atoms with Crippen molar-refractivity contribution in [2.24, 2.45) is 5.92 Å². The van der Waals surface area contributed by atoms with E-state index in [1.165, 1.54) is 11.1 Å². The van der Waals surface area contributed by atoms with E-state index in [2.05, 4.69) is 75.2 Å². The molecule has 0 N–H and O–H groups in total. The van der Waals surface area contributed by atoms with Gasteiger partial charge in [-0.2, -0.15) is 0 Å². The number of hydrogen-bond acceptors (Lipinski definition) is 4. The molecule has 180 valence electrons. The Balaban J connectivity index is 1.63. The second kappa shape index (κ2) is 11.6. The molecule has 4 nitrogen and oxygen atoms in total. The summed E-state index contributed by atoms with van der Waals surface area (Å²) in [7, 11) is -1.82. The molecule has 2 aromatic rings. The molecule has 3 rings (SSSR count). The van der Waals surface area contributed by atoms with Crippen LogP contribution in [0.25, 0.3) is 0 Å². The third kappa shape index (κ3) is 7.93. The van der Waals surface area contributed by atoms with Gasteiger partial charge in [0, 0.05) is 5.92 Å². The zero-order chi connectivity index (χ0) is 23.9. The molecule has 0 bridgehead atoms. The van der Waals surface area contributed by atoms with Crippen LogP contribution < -0.4 is 4.74 Å². The number of rotatable bonds is 12. The first-order chi connectivity index (χ1) is 15.7. The Morgan fingerprint density at radius 1 is 0.788 bits per heavy atom. The van der Waals surface area contributed by atoms with Crippen LogP contribution in [-0.2, 0) is 26.8 Å². The molecule has 0 unspecified atom stereocenters. The normalized spacial score (nSPS) is 18.9. The van der Waals surface area contributed by atoms with Crippen molar-refractivity contribution < 1.29 is 18.3 Å². The van der Waals surface area contributed by atoms with Crippen LogP contribution in [0, 0.1) is 5.92 Å². The first kappa shape index (κ1) is 25.9. The van der Waals surface area contributed by atoms with Crippen molar-refractivity contribution in [2.45, 2.75) is 57.9 Å². The predicted molar refractivity (Wildman–Crippen MR) is 141 cm³/mol. The smallest absolute Gasteiger partial charge is 0.177 e. The molecule has 0 saturated heterocycles. The summed E-state index contributed by atoms with van der Waals surface area (Å²) in [4.78, 5) is 0. The Morgan fingerprint density at radius 2 is 1.42 bits per heavy atom. The molecule has 1 aliphatic rings. The second-order valence-electron chi connectivity index (χ2n) is 10.4. The average Bonchev–Trinajstić information content (AvgIpc) is 3.17. The van der Waals surface area contributed by atoms with Gasteiger partial charge < -0.3 is 18.3 Å². The van der Waals surface area contributed by atoms with Gasteiger partial charge in [-0.15, -0.1) is 0 Å². The van der Waals surface area contributed by atoms with Crippen molar-refractivity contribution >= 4 is 16.6 Å². The largest absolute Gasteiger partial charge is 0.497 e. The molecule has 2 atom stereocenters. The van der Waals surface area contributed by atoms with Gasteiger partial charge in [-0.3, -0.25) is 0 Å². The van der Waals surface area contributed by atoms with Gasteiger partial charge in [-0.1, -0.05) is 48.5 Å². The molecule has 1 aliphatic carbocycles. The predicted octanol–water partition coefficient (Wildman–Crippen LogP) is 6.80. The quantitative estimate of drug-likeness (QED) is 0.245. The molecule has 0 radical (unpaired) electrons. The maximum atomic E-state index is 6.78. The molecule has 2 aromatic carbocycles. The molecular formula is C27H40O4Si2. The first-order valence-electron chi connectivity index (χ1n) is 11.9. The fourth-order valence-corrected chi connectivity index (χ4v) is 13.6. The average molecular weight is 485 g/mol. The van der Waals surface area contributed by atoms with Crippen LogP contribution >= 0.6 is 0 Å². The van der Waals surface area contributed by atoms with E-state index in [0.29, 0.717) is 37.9 Å². The van der Waals surface area contributed by atoms with Crippen LogP contribution in [0.2, 0.25) is 38.3 Å².